The van der Waals surface area contributed by atoms with Gasteiger partial charge in [0.05, 0.1) is 10.7 Å². The second-order valence-electron chi connectivity index (χ2n) is 3.89. The van der Waals surface area contributed by atoms with Gasteiger partial charge in [-0.3, -0.25) is 0 Å². The van der Waals surface area contributed by atoms with Gasteiger partial charge in [0.25, 0.3) is 0 Å². The highest BCUT2D eigenvalue weighted by Gasteiger charge is 2.21. The molecule has 0 atom stereocenters. The number of nitrogens with one attached hydrogen (secondary N) is 1. The molecule has 0 spiro atoms. The van der Waals surface area contributed by atoms with Crippen LogP contribution in [0.25, 0.3) is 0 Å². The van der Waals surface area contributed by atoms with Crippen molar-refractivity contribution in [2.45, 2.75) is 11.3 Å². The van der Waals surface area contributed by atoms with Crippen molar-refractivity contribution in [3.05, 3.63) is 22.2 Å². The minimum atomic E-state index is -3.76. The number of benzene rings is 1. The van der Waals surface area contributed by atoms with Gasteiger partial charge in [0, 0.05) is 23.9 Å². The van der Waals surface area contributed by atoms with Crippen LogP contribution in [-0.2, 0) is 10.0 Å². The van der Waals surface area contributed by atoms with Crippen LogP contribution in [0.1, 0.15) is 6.42 Å². The SMILES string of the molecule is Nc1cc(Cl)cc(Cl)c1S(=O)(=O)NCCSCCCO. The molecule has 114 valence electrons. The maximum absolute atomic E-state index is 12.1. The van der Waals surface area contributed by atoms with E-state index >= 15 is 0 Å². The molecule has 0 fully saturated rings. The molecule has 0 aliphatic heterocycles. The van der Waals surface area contributed by atoms with Gasteiger partial charge >= 0.3 is 0 Å². The van der Waals surface area contributed by atoms with E-state index in [1.807, 2.05) is 0 Å². The standard InChI is InChI=1S/C11H16Cl2N2O3S2/c12-8-6-9(13)11(10(14)7-8)20(17,18)15-2-5-19-4-1-3-16/h6-7,15-16H,1-5,14H2. The predicted octanol–water partition coefficient (Wildman–Crippen LogP) is 1.97. The third-order valence-corrected chi connectivity index (χ3v) is 5.57. The van der Waals surface area contributed by atoms with Crippen molar-refractivity contribution < 1.29 is 13.5 Å². The van der Waals surface area contributed by atoms with Gasteiger partial charge < -0.3 is 10.8 Å². The Morgan fingerprint density at radius 1 is 1.30 bits per heavy atom. The molecule has 0 radical (unpaired) electrons. The number of sulfonamides is 1. The zero-order valence-corrected chi connectivity index (χ0v) is 13.7. The molecule has 0 amide bonds. The van der Waals surface area contributed by atoms with Crippen LogP contribution in [0, 0.1) is 0 Å². The molecule has 0 aliphatic rings. The Kier molecular flexibility index (Phi) is 7.42. The van der Waals surface area contributed by atoms with Crippen LogP contribution in [0.4, 0.5) is 5.69 Å². The Morgan fingerprint density at radius 2 is 2.00 bits per heavy atom. The first kappa shape index (κ1) is 17.9. The summed E-state index contributed by atoms with van der Waals surface area (Å²) in [5, 5.41) is 8.90. The van der Waals surface area contributed by atoms with E-state index in [4.69, 9.17) is 34.0 Å². The summed E-state index contributed by atoms with van der Waals surface area (Å²) in [5.74, 6) is 1.38. The van der Waals surface area contributed by atoms with Gasteiger partial charge in [0.1, 0.15) is 4.90 Å². The number of nitrogen functional groups attached to an aromatic ring is 1. The van der Waals surface area contributed by atoms with Crippen LogP contribution in [-0.4, -0.2) is 38.2 Å². The maximum atomic E-state index is 12.1. The second kappa shape index (κ2) is 8.31. The van der Waals surface area contributed by atoms with Crippen LogP contribution >= 0.6 is 35.0 Å². The van der Waals surface area contributed by atoms with Crippen molar-refractivity contribution in [1.82, 2.24) is 4.72 Å². The lowest BCUT2D eigenvalue weighted by Gasteiger charge is -2.11. The minimum Gasteiger partial charge on any atom is -0.398 e. The van der Waals surface area contributed by atoms with Gasteiger partial charge in [0.2, 0.25) is 10.0 Å². The number of aliphatic hydroxyl groups excluding tert-OH is 1. The van der Waals surface area contributed by atoms with E-state index in [-0.39, 0.29) is 33.8 Å². The molecule has 0 unspecified atom stereocenters. The Morgan fingerprint density at radius 3 is 2.60 bits per heavy atom. The quantitative estimate of drug-likeness (QED) is 0.488. The van der Waals surface area contributed by atoms with Crippen LogP contribution in [0.15, 0.2) is 17.0 Å². The highest BCUT2D eigenvalue weighted by molar-refractivity contribution is 7.99. The van der Waals surface area contributed by atoms with Crippen molar-refractivity contribution in [1.29, 1.82) is 0 Å². The molecule has 5 nitrogen and oxygen atoms in total. The number of hydrogen-bond acceptors (Lipinski definition) is 5. The lowest BCUT2D eigenvalue weighted by molar-refractivity contribution is 0.296. The van der Waals surface area contributed by atoms with E-state index in [9.17, 15) is 8.42 Å². The van der Waals surface area contributed by atoms with Gasteiger partial charge in [0.15, 0.2) is 0 Å². The van der Waals surface area contributed by atoms with Crippen molar-refractivity contribution in [2.24, 2.45) is 0 Å². The summed E-state index contributed by atoms with van der Waals surface area (Å²) in [6, 6.07) is 2.68. The zero-order chi connectivity index (χ0) is 15.2. The first-order chi connectivity index (χ1) is 9.38. The van der Waals surface area contributed by atoms with Crippen molar-refractivity contribution in [2.75, 3.05) is 30.4 Å². The Bertz CT molecular complexity index is 530. The number of nitrogens with two attached hydrogens (primary N) is 1. The van der Waals surface area contributed by atoms with Gasteiger partial charge in [-0.05, 0) is 24.3 Å². The number of anilines is 1. The number of rotatable bonds is 8. The summed E-state index contributed by atoms with van der Waals surface area (Å²) in [5.41, 5.74) is 5.67. The van der Waals surface area contributed by atoms with E-state index in [0.717, 1.165) is 5.75 Å². The third kappa shape index (κ3) is 5.31. The lowest BCUT2D eigenvalue weighted by Crippen LogP contribution is -2.27. The minimum absolute atomic E-state index is 0.00423. The predicted molar refractivity (Wildman–Crippen MR) is 85.1 cm³/mol. The molecular formula is C11H16Cl2N2O3S2. The van der Waals surface area contributed by atoms with Crippen molar-refractivity contribution >= 4 is 50.7 Å². The lowest BCUT2D eigenvalue weighted by atomic mass is 10.3. The Hall–Kier alpha value is -0.180. The topological polar surface area (TPSA) is 92.4 Å². The third-order valence-electron chi connectivity index (χ3n) is 2.29. The van der Waals surface area contributed by atoms with Gasteiger partial charge in [-0.25, -0.2) is 13.1 Å². The number of aliphatic hydroxyl groups is 1. The van der Waals surface area contributed by atoms with Gasteiger partial charge in [-0.15, -0.1) is 0 Å². The fourth-order valence-corrected chi connectivity index (χ4v) is 4.38. The highest BCUT2D eigenvalue weighted by atomic mass is 35.5. The summed E-state index contributed by atoms with van der Waals surface area (Å²) in [7, 11) is -3.76. The van der Waals surface area contributed by atoms with E-state index < -0.39 is 10.0 Å². The molecule has 1 aromatic rings. The van der Waals surface area contributed by atoms with E-state index in [1.54, 1.807) is 11.8 Å². The number of thioether (sulfide) groups is 1. The molecule has 1 aromatic carbocycles. The largest absolute Gasteiger partial charge is 0.398 e. The number of hydrogen-bond donors (Lipinski definition) is 3. The maximum Gasteiger partial charge on any atom is 0.244 e. The fraction of sp³-hybridized carbons (Fsp3) is 0.455. The van der Waals surface area contributed by atoms with Crippen molar-refractivity contribution in [3.63, 3.8) is 0 Å². The first-order valence-corrected chi connectivity index (χ1v) is 9.20. The van der Waals surface area contributed by atoms with E-state index in [2.05, 4.69) is 4.72 Å². The average molecular weight is 359 g/mol. The fourth-order valence-electron chi connectivity index (χ4n) is 1.45. The first-order valence-electron chi connectivity index (χ1n) is 5.81. The average Bonchev–Trinajstić information content (AvgIpc) is 2.31. The molecule has 0 aromatic heterocycles. The summed E-state index contributed by atoms with van der Waals surface area (Å²) < 4.78 is 26.6. The Labute approximate surface area is 132 Å². The van der Waals surface area contributed by atoms with Gasteiger partial charge in [-0.2, -0.15) is 11.8 Å². The monoisotopic (exact) mass is 358 g/mol. The Balaban J connectivity index is 2.66. The van der Waals surface area contributed by atoms with Gasteiger partial charge in [-0.1, -0.05) is 23.2 Å². The molecule has 0 saturated heterocycles. The van der Waals surface area contributed by atoms with Crippen LogP contribution in [0.3, 0.4) is 0 Å². The van der Waals surface area contributed by atoms with Crippen LogP contribution in [0.2, 0.25) is 10.0 Å². The molecule has 0 saturated carbocycles. The van der Waals surface area contributed by atoms with E-state index in [0.29, 0.717) is 12.2 Å². The smallest absolute Gasteiger partial charge is 0.244 e. The van der Waals surface area contributed by atoms with Crippen LogP contribution in [0.5, 0.6) is 0 Å². The van der Waals surface area contributed by atoms with Crippen LogP contribution < -0.4 is 10.5 Å². The molecule has 0 aliphatic carbocycles. The molecular weight excluding hydrogens is 343 g/mol. The second-order valence-corrected chi connectivity index (χ2v) is 7.67. The molecule has 1 rings (SSSR count). The summed E-state index contributed by atoms with van der Waals surface area (Å²) in [6.45, 7) is 0.395. The molecule has 4 N–H and O–H groups in total. The zero-order valence-electron chi connectivity index (χ0n) is 10.6. The summed E-state index contributed by atoms with van der Waals surface area (Å²) in [4.78, 5) is -0.149. The summed E-state index contributed by atoms with van der Waals surface area (Å²) >= 11 is 13.2. The molecule has 0 bridgehead atoms. The molecule has 20 heavy (non-hydrogen) atoms. The number of halogens is 2. The normalized spacial score (nSPS) is 11.8. The summed E-state index contributed by atoms with van der Waals surface area (Å²) in [6.07, 6.45) is 0.688. The van der Waals surface area contributed by atoms with Crippen molar-refractivity contribution in [3.8, 4) is 0 Å². The highest BCUT2D eigenvalue weighted by Crippen LogP contribution is 2.30. The van der Waals surface area contributed by atoms with E-state index in [1.165, 1.54) is 12.1 Å². The molecule has 0 heterocycles. The molecule has 9 heteroatoms.